The number of halogens is 1. The van der Waals surface area contributed by atoms with Gasteiger partial charge in [-0.1, -0.05) is 45.4 Å². The van der Waals surface area contributed by atoms with Crippen LogP contribution in [0.1, 0.15) is 71.1 Å². The molecule has 0 bridgehead atoms. The monoisotopic (exact) mass is 352 g/mol. The van der Waals surface area contributed by atoms with Gasteiger partial charge < -0.3 is 4.74 Å². The minimum Gasteiger partial charge on any atom is -0.451 e. The Morgan fingerprint density at radius 1 is 1.18 bits per heavy atom. The van der Waals surface area contributed by atoms with Gasteiger partial charge in [0.05, 0.1) is 0 Å². The molecule has 0 spiro atoms. The molecule has 0 saturated heterocycles. The first-order valence-electron chi connectivity index (χ1n) is 7.07. The maximum absolute atomic E-state index is 11.5. The third kappa shape index (κ3) is 8.01. The molecule has 0 aromatic rings. The largest absolute Gasteiger partial charge is 0.451 e. The molecule has 1 aliphatic rings. The predicted molar refractivity (Wildman–Crippen MR) is 79.2 cm³/mol. The Morgan fingerprint density at radius 2 is 1.76 bits per heavy atom. The van der Waals surface area contributed by atoms with Gasteiger partial charge in [-0.15, -0.1) is 0 Å². The number of carbonyl (C=O) groups excluding carboxylic acids is 1. The Balaban J connectivity index is 1.86. The van der Waals surface area contributed by atoms with Gasteiger partial charge in [0, 0.05) is 12.3 Å². The zero-order valence-electron chi connectivity index (χ0n) is 10.9. The fourth-order valence-electron chi connectivity index (χ4n) is 1.87. The summed E-state index contributed by atoms with van der Waals surface area (Å²) in [6.45, 7) is 2.23. The minimum absolute atomic E-state index is 0.00450. The lowest BCUT2D eigenvalue weighted by Gasteiger charge is -2.10. The molecule has 3 heteroatoms. The molecule has 0 aromatic heterocycles. The number of unbranched alkanes of at least 4 members (excludes halogenated alkanes) is 6. The third-order valence-corrected chi connectivity index (χ3v) is 4.49. The van der Waals surface area contributed by atoms with Gasteiger partial charge in [0.2, 0.25) is 0 Å². The molecule has 1 saturated carbocycles. The van der Waals surface area contributed by atoms with Crippen molar-refractivity contribution in [2.45, 2.75) is 75.2 Å². The van der Waals surface area contributed by atoms with Gasteiger partial charge in [0.15, 0.2) is 4.11 Å². The quantitative estimate of drug-likeness (QED) is 0.243. The second-order valence-corrected chi connectivity index (χ2v) is 6.28. The number of esters is 1. The summed E-state index contributed by atoms with van der Waals surface area (Å²) >= 11 is 2.25. The molecule has 2 nitrogen and oxygen atoms in total. The van der Waals surface area contributed by atoms with Gasteiger partial charge in [0.25, 0.3) is 0 Å². The van der Waals surface area contributed by atoms with E-state index < -0.39 is 0 Å². The second-order valence-electron chi connectivity index (χ2n) is 5.05. The summed E-state index contributed by atoms with van der Waals surface area (Å²) in [5.41, 5.74) is 0. The highest BCUT2D eigenvalue weighted by Crippen LogP contribution is 2.37. The highest BCUT2D eigenvalue weighted by atomic mass is 127. The van der Waals surface area contributed by atoms with Crippen LogP contribution < -0.4 is 0 Å². The van der Waals surface area contributed by atoms with Gasteiger partial charge in [-0.05, 0) is 41.9 Å². The van der Waals surface area contributed by atoms with Crippen molar-refractivity contribution in [2.24, 2.45) is 5.92 Å². The molecule has 0 N–H and O–H groups in total. The summed E-state index contributed by atoms with van der Waals surface area (Å²) in [6.07, 6.45) is 11.8. The van der Waals surface area contributed by atoms with Gasteiger partial charge in [-0.25, -0.2) is 0 Å². The zero-order chi connectivity index (χ0) is 12.5. The zero-order valence-corrected chi connectivity index (χ0v) is 13.1. The SMILES string of the molecule is CCCCCCCCCC(=O)OC(I)C1CC1. The van der Waals surface area contributed by atoms with E-state index in [1.165, 1.54) is 51.4 Å². The first-order valence-corrected chi connectivity index (χ1v) is 8.32. The van der Waals surface area contributed by atoms with Crippen molar-refractivity contribution in [3.05, 3.63) is 0 Å². The average molecular weight is 352 g/mol. The first kappa shape index (κ1) is 15.3. The van der Waals surface area contributed by atoms with Crippen molar-refractivity contribution in [1.82, 2.24) is 0 Å². The van der Waals surface area contributed by atoms with Crippen LogP contribution in [0.4, 0.5) is 0 Å². The van der Waals surface area contributed by atoms with Crippen LogP contribution in [0.5, 0.6) is 0 Å². The second kappa shape index (κ2) is 9.17. The topological polar surface area (TPSA) is 26.3 Å². The lowest BCUT2D eigenvalue weighted by Crippen LogP contribution is -2.13. The van der Waals surface area contributed by atoms with Crippen LogP contribution in [-0.4, -0.2) is 10.1 Å². The van der Waals surface area contributed by atoms with E-state index in [4.69, 9.17) is 4.74 Å². The summed E-state index contributed by atoms with van der Waals surface area (Å²) in [5, 5.41) is 0. The molecule has 17 heavy (non-hydrogen) atoms. The van der Waals surface area contributed by atoms with Crippen LogP contribution in [0.15, 0.2) is 0 Å². The van der Waals surface area contributed by atoms with Crippen LogP contribution in [0, 0.1) is 5.92 Å². The van der Waals surface area contributed by atoms with E-state index in [9.17, 15) is 4.79 Å². The maximum atomic E-state index is 11.5. The van der Waals surface area contributed by atoms with E-state index >= 15 is 0 Å². The van der Waals surface area contributed by atoms with Crippen molar-refractivity contribution >= 4 is 28.6 Å². The molecule has 0 amide bonds. The molecular formula is C14H25IO2. The Labute approximate surface area is 119 Å². The van der Waals surface area contributed by atoms with E-state index in [0.717, 1.165) is 6.42 Å². The number of hydrogen-bond acceptors (Lipinski definition) is 2. The summed E-state index contributed by atoms with van der Waals surface area (Å²) in [4.78, 5) is 11.5. The molecule has 1 rings (SSSR count). The Bertz CT molecular complexity index is 214. The lowest BCUT2D eigenvalue weighted by atomic mass is 10.1. The molecule has 0 aliphatic heterocycles. The minimum atomic E-state index is 0.00450. The average Bonchev–Trinajstić information content (AvgIpc) is 3.11. The number of alkyl halides is 1. The van der Waals surface area contributed by atoms with E-state index in [1.54, 1.807) is 0 Å². The summed E-state index contributed by atoms with van der Waals surface area (Å²) in [5.74, 6) is 0.651. The fraction of sp³-hybridized carbons (Fsp3) is 0.929. The van der Waals surface area contributed by atoms with Gasteiger partial charge in [0.1, 0.15) is 0 Å². The molecule has 100 valence electrons. The predicted octanol–water partition coefficient (Wildman–Crippen LogP) is 4.84. The van der Waals surface area contributed by atoms with Gasteiger partial charge in [-0.2, -0.15) is 0 Å². The third-order valence-electron chi connectivity index (χ3n) is 3.22. The molecular weight excluding hydrogens is 327 g/mol. The smallest absolute Gasteiger partial charge is 0.306 e. The molecule has 0 radical (unpaired) electrons. The Kier molecular flexibility index (Phi) is 8.23. The standard InChI is InChI=1S/C14H25IO2/c1-2-3-4-5-6-7-8-9-13(16)17-14(15)12-10-11-12/h12,14H,2-11H2,1H3. The van der Waals surface area contributed by atoms with Crippen molar-refractivity contribution in [3.63, 3.8) is 0 Å². The van der Waals surface area contributed by atoms with Crippen molar-refractivity contribution < 1.29 is 9.53 Å². The van der Waals surface area contributed by atoms with E-state index in [1.807, 2.05) is 0 Å². The van der Waals surface area contributed by atoms with E-state index in [0.29, 0.717) is 12.3 Å². The lowest BCUT2D eigenvalue weighted by molar-refractivity contribution is -0.145. The number of carbonyl (C=O) groups is 1. The Hall–Kier alpha value is 0.200. The van der Waals surface area contributed by atoms with Crippen LogP contribution >= 0.6 is 22.6 Å². The van der Waals surface area contributed by atoms with Crippen molar-refractivity contribution in [1.29, 1.82) is 0 Å². The molecule has 1 fully saturated rings. The molecule has 0 heterocycles. The normalized spacial score (nSPS) is 16.8. The highest BCUT2D eigenvalue weighted by Gasteiger charge is 2.31. The van der Waals surface area contributed by atoms with Crippen LogP contribution in [-0.2, 0) is 9.53 Å². The number of hydrogen-bond donors (Lipinski definition) is 0. The van der Waals surface area contributed by atoms with Gasteiger partial charge in [-0.3, -0.25) is 4.79 Å². The fourth-order valence-corrected chi connectivity index (χ4v) is 2.87. The molecule has 1 atom stereocenters. The molecule has 1 unspecified atom stereocenters. The molecule has 0 aromatic carbocycles. The number of ether oxygens (including phenoxy) is 1. The summed E-state index contributed by atoms with van der Waals surface area (Å²) in [6, 6.07) is 0. The van der Waals surface area contributed by atoms with E-state index in [2.05, 4.69) is 29.5 Å². The first-order chi connectivity index (χ1) is 8.24. The summed E-state index contributed by atoms with van der Waals surface area (Å²) < 4.78 is 5.50. The van der Waals surface area contributed by atoms with Crippen LogP contribution in [0.3, 0.4) is 0 Å². The summed E-state index contributed by atoms with van der Waals surface area (Å²) in [7, 11) is 0. The highest BCUT2D eigenvalue weighted by molar-refractivity contribution is 14.1. The van der Waals surface area contributed by atoms with E-state index in [-0.39, 0.29) is 10.1 Å². The van der Waals surface area contributed by atoms with Crippen LogP contribution in [0.25, 0.3) is 0 Å². The van der Waals surface area contributed by atoms with Crippen molar-refractivity contribution in [3.8, 4) is 0 Å². The Morgan fingerprint density at radius 3 is 2.35 bits per heavy atom. The molecule has 1 aliphatic carbocycles. The number of rotatable bonds is 10. The van der Waals surface area contributed by atoms with Gasteiger partial charge >= 0.3 is 5.97 Å². The van der Waals surface area contributed by atoms with Crippen molar-refractivity contribution in [2.75, 3.05) is 0 Å². The maximum Gasteiger partial charge on any atom is 0.306 e. The van der Waals surface area contributed by atoms with Crippen LogP contribution in [0.2, 0.25) is 0 Å².